The lowest BCUT2D eigenvalue weighted by atomic mass is 9.87. The third kappa shape index (κ3) is 6.52. The summed E-state index contributed by atoms with van der Waals surface area (Å²) in [5, 5.41) is 3.58. The van der Waals surface area contributed by atoms with Crippen molar-refractivity contribution in [2.45, 2.75) is 59.4 Å². The van der Waals surface area contributed by atoms with E-state index in [9.17, 15) is 0 Å². The van der Waals surface area contributed by atoms with E-state index in [1.165, 1.54) is 12.8 Å². The van der Waals surface area contributed by atoms with Gasteiger partial charge >= 0.3 is 0 Å². The first-order chi connectivity index (χ1) is 8.01. The third-order valence-corrected chi connectivity index (χ3v) is 3.05. The van der Waals surface area contributed by atoms with Crippen molar-refractivity contribution in [2.75, 3.05) is 6.54 Å². The predicted octanol–water partition coefficient (Wildman–Crippen LogP) is 4.02. The van der Waals surface area contributed by atoms with E-state index in [0.29, 0.717) is 11.5 Å². The van der Waals surface area contributed by atoms with Gasteiger partial charge in [-0.15, -0.1) is 0 Å². The summed E-state index contributed by atoms with van der Waals surface area (Å²) in [6.07, 6.45) is 6.47. The molecule has 0 bridgehead atoms. The quantitative estimate of drug-likeness (QED) is 0.775. The van der Waals surface area contributed by atoms with Crippen LogP contribution in [0.3, 0.4) is 0 Å². The van der Waals surface area contributed by atoms with Crippen LogP contribution < -0.4 is 5.32 Å². The number of hydrogen-bond acceptors (Lipinski definition) is 2. The molecule has 0 aromatic carbocycles. The molecule has 17 heavy (non-hydrogen) atoms. The molecule has 2 heteroatoms. The molecule has 0 saturated carbocycles. The zero-order valence-corrected chi connectivity index (χ0v) is 11.8. The Kier molecular flexibility index (Phi) is 5.76. The van der Waals surface area contributed by atoms with Crippen LogP contribution in [0.4, 0.5) is 0 Å². The average Bonchev–Trinajstić information content (AvgIpc) is 2.74. The zero-order chi connectivity index (χ0) is 12.7. The zero-order valence-electron chi connectivity index (χ0n) is 11.8. The lowest BCUT2D eigenvalue weighted by Crippen LogP contribution is -2.30. The van der Waals surface area contributed by atoms with Gasteiger partial charge in [0.1, 0.15) is 5.76 Å². The van der Waals surface area contributed by atoms with Gasteiger partial charge in [-0.05, 0) is 43.4 Å². The number of rotatable bonds is 7. The molecule has 0 radical (unpaired) electrons. The molecule has 1 N–H and O–H groups in total. The maximum Gasteiger partial charge on any atom is 0.103 e. The van der Waals surface area contributed by atoms with Crippen molar-refractivity contribution in [3.8, 4) is 0 Å². The second kappa shape index (κ2) is 6.85. The average molecular weight is 237 g/mol. The highest BCUT2D eigenvalue weighted by Gasteiger charge is 2.15. The van der Waals surface area contributed by atoms with Gasteiger partial charge in [0.05, 0.1) is 6.26 Å². The first-order valence-corrected chi connectivity index (χ1v) is 6.77. The molecular formula is C15H27NO. The minimum absolute atomic E-state index is 0.429. The van der Waals surface area contributed by atoms with Gasteiger partial charge in [0.15, 0.2) is 0 Å². The van der Waals surface area contributed by atoms with Gasteiger partial charge in [0, 0.05) is 12.5 Å². The van der Waals surface area contributed by atoms with E-state index in [4.69, 9.17) is 4.42 Å². The molecule has 0 spiro atoms. The Balaban J connectivity index is 2.32. The molecule has 0 aliphatic carbocycles. The van der Waals surface area contributed by atoms with E-state index in [2.05, 4.69) is 39.1 Å². The van der Waals surface area contributed by atoms with Gasteiger partial charge in [-0.1, -0.05) is 27.7 Å². The molecule has 2 nitrogen and oxygen atoms in total. The molecule has 1 unspecified atom stereocenters. The van der Waals surface area contributed by atoms with Crippen LogP contribution >= 0.6 is 0 Å². The molecular weight excluding hydrogens is 210 g/mol. The van der Waals surface area contributed by atoms with E-state index in [-0.39, 0.29) is 0 Å². The van der Waals surface area contributed by atoms with E-state index >= 15 is 0 Å². The Hall–Kier alpha value is -0.760. The van der Waals surface area contributed by atoms with Crippen LogP contribution in [0.5, 0.6) is 0 Å². The normalized spacial score (nSPS) is 13.9. The SMILES string of the molecule is CCNC(CCc1ccco1)CCC(C)(C)C. The van der Waals surface area contributed by atoms with Crippen LogP contribution in [0.1, 0.15) is 52.7 Å². The largest absolute Gasteiger partial charge is 0.469 e. The Morgan fingerprint density at radius 1 is 1.29 bits per heavy atom. The van der Waals surface area contributed by atoms with Crippen LogP contribution in [0.2, 0.25) is 0 Å². The maximum absolute atomic E-state index is 5.38. The molecule has 0 aliphatic rings. The number of aryl methyl sites for hydroxylation is 1. The first-order valence-electron chi connectivity index (χ1n) is 6.77. The van der Waals surface area contributed by atoms with Crippen molar-refractivity contribution >= 4 is 0 Å². The van der Waals surface area contributed by atoms with Crippen molar-refractivity contribution in [3.63, 3.8) is 0 Å². The van der Waals surface area contributed by atoms with Gasteiger partial charge in [-0.3, -0.25) is 0 Å². The summed E-state index contributed by atoms with van der Waals surface area (Å²) in [5.41, 5.74) is 0.429. The summed E-state index contributed by atoms with van der Waals surface area (Å²) < 4.78 is 5.38. The lowest BCUT2D eigenvalue weighted by Gasteiger charge is -2.23. The summed E-state index contributed by atoms with van der Waals surface area (Å²) >= 11 is 0. The van der Waals surface area contributed by atoms with Crippen LogP contribution in [0.15, 0.2) is 22.8 Å². The number of nitrogens with one attached hydrogen (secondary N) is 1. The molecule has 1 aromatic heterocycles. The standard InChI is InChI=1S/C15H27NO/c1-5-16-13(10-11-15(2,3)4)8-9-14-7-6-12-17-14/h6-7,12-13,16H,5,8-11H2,1-4H3. The van der Waals surface area contributed by atoms with Crippen molar-refractivity contribution in [3.05, 3.63) is 24.2 Å². The summed E-state index contributed by atoms with van der Waals surface area (Å²) in [7, 11) is 0. The van der Waals surface area contributed by atoms with Crippen LogP contribution in [-0.2, 0) is 6.42 Å². The van der Waals surface area contributed by atoms with Crippen LogP contribution in [0, 0.1) is 5.41 Å². The Bertz CT molecular complexity index is 284. The first kappa shape index (κ1) is 14.3. The molecule has 1 heterocycles. The summed E-state index contributed by atoms with van der Waals surface area (Å²) in [4.78, 5) is 0. The molecule has 0 saturated heterocycles. The van der Waals surface area contributed by atoms with Crippen molar-refractivity contribution in [2.24, 2.45) is 5.41 Å². The molecule has 1 aromatic rings. The molecule has 0 fully saturated rings. The molecule has 98 valence electrons. The number of hydrogen-bond donors (Lipinski definition) is 1. The van der Waals surface area contributed by atoms with Crippen molar-refractivity contribution < 1.29 is 4.42 Å². The van der Waals surface area contributed by atoms with Gasteiger partial charge in [-0.2, -0.15) is 0 Å². The van der Waals surface area contributed by atoms with Gasteiger partial charge in [0.2, 0.25) is 0 Å². The predicted molar refractivity (Wildman–Crippen MR) is 73.2 cm³/mol. The Morgan fingerprint density at radius 3 is 2.59 bits per heavy atom. The second-order valence-corrected chi connectivity index (χ2v) is 5.97. The van der Waals surface area contributed by atoms with E-state index < -0.39 is 0 Å². The molecule has 1 rings (SSSR count). The third-order valence-electron chi connectivity index (χ3n) is 3.05. The van der Waals surface area contributed by atoms with E-state index in [0.717, 1.165) is 25.1 Å². The monoisotopic (exact) mass is 237 g/mol. The fraction of sp³-hybridized carbons (Fsp3) is 0.733. The van der Waals surface area contributed by atoms with E-state index in [1.807, 2.05) is 6.07 Å². The summed E-state index contributed by atoms with van der Waals surface area (Å²) in [5.74, 6) is 1.10. The molecule has 0 aliphatic heterocycles. The Morgan fingerprint density at radius 2 is 2.06 bits per heavy atom. The van der Waals surface area contributed by atoms with E-state index in [1.54, 1.807) is 6.26 Å². The molecule has 1 atom stereocenters. The van der Waals surface area contributed by atoms with Gasteiger partial charge in [-0.25, -0.2) is 0 Å². The lowest BCUT2D eigenvalue weighted by molar-refractivity contribution is 0.321. The summed E-state index contributed by atoms with van der Waals surface area (Å²) in [6.45, 7) is 10.2. The Labute approximate surface area is 106 Å². The minimum atomic E-state index is 0.429. The minimum Gasteiger partial charge on any atom is -0.469 e. The second-order valence-electron chi connectivity index (χ2n) is 5.97. The highest BCUT2D eigenvalue weighted by atomic mass is 16.3. The highest BCUT2D eigenvalue weighted by Crippen LogP contribution is 2.22. The van der Waals surface area contributed by atoms with Crippen LogP contribution in [0.25, 0.3) is 0 Å². The maximum atomic E-state index is 5.38. The summed E-state index contributed by atoms with van der Waals surface area (Å²) in [6, 6.07) is 4.64. The topological polar surface area (TPSA) is 25.2 Å². The number of furan rings is 1. The molecule has 0 amide bonds. The highest BCUT2D eigenvalue weighted by molar-refractivity contribution is 4.98. The van der Waals surface area contributed by atoms with Gasteiger partial charge < -0.3 is 9.73 Å². The van der Waals surface area contributed by atoms with Crippen LogP contribution in [-0.4, -0.2) is 12.6 Å². The van der Waals surface area contributed by atoms with Crippen molar-refractivity contribution in [1.29, 1.82) is 0 Å². The fourth-order valence-corrected chi connectivity index (χ4v) is 2.02. The van der Waals surface area contributed by atoms with Gasteiger partial charge in [0.25, 0.3) is 0 Å². The fourth-order valence-electron chi connectivity index (χ4n) is 2.02. The van der Waals surface area contributed by atoms with Crippen molar-refractivity contribution in [1.82, 2.24) is 5.32 Å². The smallest absolute Gasteiger partial charge is 0.103 e.